The third-order valence-corrected chi connectivity index (χ3v) is 2.01. The van der Waals surface area contributed by atoms with E-state index in [9.17, 15) is 4.79 Å². The normalized spacial score (nSPS) is 10.1. The van der Waals surface area contributed by atoms with Crippen molar-refractivity contribution in [2.45, 2.75) is 12.8 Å². The molecule has 0 amide bonds. The van der Waals surface area contributed by atoms with Crippen molar-refractivity contribution in [3.63, 3.8) is 0 Å². The van der Waals surface area contributed by atoms with Gasteiger partial charge in [0.25, 0.3) is 0 Å². The van der Waals surface area contributed by atoms with E-state index >= 15 is 0 Å². The van der Waals surface area contributed by atoms with Crippen molar-refractivity contribution in [3.05, 3.63) is 35.9 Å². The van der Waals surface area contributed by atoms with Crippen molar-refractivity contribution < 1.29 is 14.6 Å². The molecule has 1 aromatic rings. The molecule has 1 rings (SSSR count). The predicted octanol–water partition coefficient (Wildman–Crippen LogP) is 2.58. The van der Waals surface area contributed by atoms with Crippen LogP contribution in [0.2, 0.25) is 0 Å². The quantitative estimate of drug-likeness (QED) is 0.464. The topological polar surface area (TPSA) is 46.5 Å². The van der Waals surface area contributed by atoms with Gasteiger partial charge in [0.1, 0.15) is 5.75 Å². The Hall–Kier alpha value is -2.21. The second kappa shape index (κ2) is 7.13. The molecular formula is C14H14O3. The van der Waals surface area contributed by atoms with Crippen molar-refractivity contribution >= 4 is 12.0 Å². The number of rotatable bonds is 6. The maximum atomic E-state index is 10.4. The molecule has 0 spiro atoms. The fourth-order valence-electron chi connectivity index (χ4n) is 1.24. The number of unbranched alkanes of at least 4 members (excludes halogenated alkanes) is 1. The van der Waals surface area contributed by atoms with Gasteiger partial charge in [0, 0.05) is 12.5 Å². The highest BCUT2D eigenvalue weighted by Gasteiger charge is 1.95. The molecule has 1 aromatic carbocycles. The van der Waals surface area contributed by atoms with Crippen LogP contribution in [0.3, 0.4) is 0 Å². The molecule has 3 heteroatoms. The van der Waals surface area contributed by atoms with Gasteiger partial charge in [-0.2, -0.15) is 0 Å². The summed E-state index contributed by atoms with van der Waals surface area (Å²) >= 11 is 0. The molecule has 88 valence electrons. The highest BCUT2D eigenvalue weighted by atomic mass is 16.5. The lowest BCUT2D eigenvalue weighted by molar-refractivity contribution is -0.131. The standard InChI is InChI=1S/C14H14O3/c1-2-3-4-10-17-13-7-5-6-12(11-13)8-9-14(15)16/h1,5-9,11H,3-4,10H2,(H,15,16)/b9-8+. The second-order valence-corrected chi connectivity index (χ2v) is 3.40. The van der Waals surface area contributed by atoms with Crippen LogP contribution in [-0.2, 0) is 4.79 Å². The van der Waals surface area contributed by atoms with Crippen LogP contribution in [0, 0.1) is 12.3 Å². The van der Waals surface area contributed by atoms with E-state index in [1.165, 1.54) is 6.08 Å². The van der Waals surface area contributed by atoms with Crippen molar-refractivity contribution in [2.24, 2.45) is 0 Å². The minimum absolute atomic E-state index is 0.566. The van der Waals surface area contributed by atoms with E-state index in [-0.39, 0.29) is 0 Å². The van der Waals surface area contributed by atoms with Crippen molar-refractivity contribution in [1.29, 1.82) is 0 Å². The second-order valence-electron chi connectivity index (χ2n) is 3.40. The molecule has 0 saturated heterocycles. The molecule has 0 aliphatic rings. The van der Waals surface area contributed by atoms with E-state index in [0.29, 0.717) is 13.0 Å². The molecule has 0 heterocycles. The fraction of sp³-hybridized carbons (Fsp3) is 0.214. The molecular weight excluding hydrogens is 216 g/mol. The molecule has 0 aliphatic heterocycles. The first-order chi connectivity index (χ1) is 8.22. The number of hydrogen-bond donors (Lipinski definition) is 1. The number of hydrogen-bond acceptors (Lipinski definition) is 2. The van der Waals surface area contributed by atoms with Gasteiger partial charge in [-0.05, 0) is 30.2 Å². The van der Waals surface area contributed by atoms with Gasteiger partial charge in [-0.3, -0.25) is 0 Å². The van der Waals surface area contributed by atoms with E-state index in [4.69, 9.17) is 16.3 Å². The lowest BCUT2D eigenvalue weighted by Gasteiger charge is -2.05. The van der Waals surface area contributed by atoms with Gasteiger partial charge in [-0.1, -0.05) is 12.1 Å². The van der Waals surface area contributed by atoms with Gasteiger partial charge in [0.05, 0.1) is 6.61 Å². The Morgan fingerprint density at radius 1 is 1.53 bits per heavy atom. The number of carboxylic acid groups (broad SMARTS) is 1. The van der Waals surface area contributed by atoms with Gasteiger partial charge in [-0.25, -0.2) is 4.79 Å². The monoisotopic (exact) mass is 230 g/mol. The molecule has 3 nitrogen and oxygen atoms in total. The molecule has 0 atom stereocenters. The Labute approximate surface area is 101 Å². The van der Waals surface area contributed by atoms with Crippen LogP contribution in [0.5, 0.6) is 5.75 Å². The number of benzene rings is 1. The maximum absolute atomic E-state index is 10.4. The Balaban J connectivity index is 2.54. The number of carboxylic acids is 1. The predicted molar refractivity (Wildman–Crippen MR) is 66.7 cm³/mol. The lowest BCUT2D eigenvalue weighted by Crippen LogP contribution is -1.96. The Kier molecular flexibility index (Phi) is 5.39. The minimum Gasteiger partial charge on any atom is -0.494 e. The fourth-order valence-corrected chi connectivity index (χ4v) is 1.24. The van der Waals surface area contributed by atoms with Gasteiger partial charge in [-0.15, -0.1) is 12.3 Å². The summed E-state index contributed by atoms with van der Waals surface area (Å²) in [7, 11) is 0. The summed E-state index contributed by atoms with van der Waals surface area (Å²) in [6.07, 6.45) is 9.25. The molecule has 0 saturated carbocycles. The summed E-state index contributed by atoms with van der Waals surface area (Å²) in [5.74, 6) is 2.29. The third kappa shape index (κ3) is 5.43. The highest BCUT2D eigenvalue weighted by Crippen LogP contribution is 2.14. The summed E-state index contributed by atoms with van der Waals surface area (Å²) in [6.45, 7) is 0.566. The van der Waals surface area contributed by atoms with Crippen LogP contribution in [0.1, 0.15) is 18.4 Å². The van der Waals surface area contributed by atoms with Crippen LogP contribution in [-0.4, -0.2) is 17.7 Å². The highest BCUT2D eigenvalue weighted by molar-refractivity contribution is 5.85. The molecule has 0 aliphatic carbocycles. The number of ether oxygens (including phenoxy) is 1. The van der Waals surface area contributed by atoms with Gasteiger partial charge < -0.3 is 9.84 Å². The Morgan fingerprint density at radius 2 is 2.35 bits per heavy atom. The van der Waals surface area contributed by atoms with Crippen molar-refractivity contribution in [2.75, 3.05) is 6.61 Å². The van der Waals surface area contributed by atoms with E-state index in [2.05, 4.69) is 5.92 Å². The molecule has 1 N–H and O–H groups in total. The number of terminal acetylenes is 1. The first-order valence-corrected chi connectivity index (χ1v) is 5.29. The van der Waals surface area contributed by atoms with Crippen LogP contribution in [0.15, 0.2) is 30.3 Å². The summed E-state index contributed by atoms with van der Waals surface area (Å²) < 4.78 is 5.48. The van der Waals surface area contributed by atoms with Crippen molar-refractivity contribution in [1.82, 2.24) is 0 Å². The number of aliphatic carboxylic acids is 1. The smallest absolute Gasteiger partial charge is 0.328 e. The molecule has 0 unspecified atom stereocenters. The van der Waals surface area contributed by atoms with Gasteiger partial charge >= 0.3 is 5.97 Å². The van der Waals surface area contributed by atoms with Crippen LogP contribution >= 0.6 is 0 Å². The van der Waals surface area contributed by atoms with Gasteiger partial charge in [0.2, 0.25) is 0 Å². The number of carbonyl (C=O) groups is 1. The maximum Gasteiger partial charge on any atom is 0.328 e. The summed E-state index contributed by atoms with van der Waals surface area (Å²) in [4.78, 5) is 10.4. The molecule has 0 bridgehead atoms. The lowest BCUT2D eigenvalue weighted by atomic mass is 10.2. The van der Waals surface area contributed by atoms with Crippen LogP contribution < -0.4 is 4.74 Å². The Bertz CT molecular complexity index is 441. The molecule has 17 heavy (non-hydrogen) atoms. The first kappa shape index (κ1) is 12.9. The molecule has 0 aromatic heterocycles. The van der Waals surface area contributed by atoms with E-state index in [1.54, 1.807) is 6.07 Å². The average molecular weight is 230 g/mol. The summed E-state index contributed by atoms with van der Waals surface area (Å²) in [5, 5.41) is 8.51. The Morgan fingerprint density at radius 3 is 3.06 bits per heavy atom. The zero-order valence-corrected chi connectivity index (χ0v) is 9.43. The van der Waals surface area contributed by atoms with Crippen molar-refractivity contribution in [3.8, 4) is 18.1 Å². The van der Waals surface area contributed by atoms with Crippen LogP contribution in [0.4, 0.5) is 0 Å². The van der Waals surface area contributed by atoms with E-state index in [1.807, 2.05) is 18.2 Å². The SMILES string of the molecule is C#CCCCOc1cccc(/C=C/C(=O)O)c1. The summed E-state index contributed by atoms with van der Waals surface area (Å²) in [6, 6.07) is 7.25. The summed E-state index contributed by atoms with van der Waals surface area (Å²) in [5.41, 5.74) is 0.793. The zero-order chi connectivity index (χ0) is 12.5. The van der Waals surface area contributed by atoms with E-state index < -0.39 is 5.97 Å². The molecule has 0 fully saturated rings. The minimum atomic E-state index is -0.967. The third-order valence-electron chi connectivity index (χ3n) is 2.01. The van der Waals surface area contributed by atoms with Crippen LogP contribution in [0.25, 0.3) is 6.08 Å². The first-order valence-electron chi connectivity index (χ1n) is 5.29. The molecule has 0 radical (unpaired) electrons. The van der Waals surface area contributed by atoms with Gasteiger partial charge in [0.15, 0.2) is 0 Å². The zero-order valence-electron chi connectivity index (χ0n) is 9.43. The van der Waals surface area contributed by atoms with E-state index in [0.717, 1.165) is 23.8 Å². The average Bonchev–Trinajstić information content (AvgIpc) is 2.33. The largest absolute Gasteiger partial charge is 0.494 e.